The van der Waals surface area contributed by atoms with Gasteiger partial charge in [0.25, 0.3) is 0 Å². The molecule has 0 spiro atoms. The number of carbonyl (C=O) groups excluding carboxylic acids is 3. The second-order valence-corrected chi connectivity index (χ2v) is 10.8. The Labute approximate surface area is 267 Å². The van der Waals surface area contributed by atoms with E-state index in [2.05, 4.69) is 10.6 Å². The van der Waals surface area contributed by atoms with Crippen LogP contribution < -0.4 is 75.5 Å². The van der Waals surface area contributed by atoms with E-state index in [0.717, 1.165) is 12.1 Å². The van der Waals surface area contributed by atoms with Crippen LogP contribution in [0, 0.1) is 0 Å². The van der Waals surface area contributed by atoms with Gasteiger partial charge in [-0.3, -0.25) is 14.4 Å². The summed E-state index contributed by atoms with van der Waals surface area (Å²) in [5.41, 5.74) is 3.40. The maximum absolute atomic E-state index is 13.4. The van der Waals surface area contributed by atoms with Crippen molar-refractivity contribution in [2.75, 3.05) is 22.9 Å². The van der Waals surface area contributed by atoms with Gasteiger partial charge in [0.1, 0.15) is 26.0 Å². The van der Waals surface area contributed by atoms with E-state index in [1.165, 1.54) is 37.3 Å². The minimum absolute atomic E-state index is 0. The Hall–Kier alpha value is -2.11. The van der Waals surface area contributed by atoms with Gasteiger partial charge in [-0.25, -0.2) is 16.8 Å². The number of carbonyl (C=O) groups is 3. The number of nitrogens with two attached hydrogens (primary N) is 1. The molecular weight excluding hydrogens is 572 g/mol. The summed E-state index contributed by atoms with van der Waals surface area (Å²) in [5, 5.41) is 5.16. The molecule has 0 saturated carbocycles. The second kappa shape index (κ2) is 12.2. The fourth-order valence-corrected chi connectivity index (χ4v) is 5.21. The third kappa shape index (κ3) is 6.62. The average Bonchev–Trinajstić information content (AvgIpc) is 2.81. The minimum atomic E-state index is -5.26. The summed E-state index contributed by atoms with van der Waals surface area (Å²) >= 11 is 0. The molecule has 3 aromatic carbocycles. The Morgan fingerprint density at radius 2 is 1.36 bits per heavy atom. The van der Waals surface area contributed by atoms with Crippen molar-refractivity contribution in [3.8, 4) is 0 Å². The Kier molecular flexibility index (Phi) is 10.3. The van der Waals surface area contributed by atoms with Gasteiger partial charge in [-0.05, 0) is 31.2 Å². The Morgan fingerprint density at radius 1 is 0.821 bits per heavy atom. The smallest absolute Gasteiger partial charge is 0.744 e. The fourth-order valence-electron chi connectivity index (χ4n) is 3.91. The van der Waals surface area contributed by atoms with Gasteiger partial charge in [0.05, 0.1) is 44.5 Å². The molecule has 1 aliphatic rings. The number of benzene rings is 3. The number of anilines is 4. The summed E-state index contributed by atoms with van der Waals surface area (Å²) in [5.74, 6) is -1.84. The first-order valence-corrected chi connectivity index (χ1v) is 13.2. The number of ketones is 3. The average molecular weight is 590 g/mol. The van der Waals surface area contributed by atoms with Gasteiger partial charge in [-0.15, -0.1) is 0 Å². The molecule has 0 radical (unpaired) electrons. The van der Waals surface area contributed by atoms with E-state index in [9.17, 15) is 40.3 Å². The van der Waals surface area contributed by atoms with E-state index in [-0.39, 0.29) is 93.9 Å². The summed E-state index contributed by atoms with van der Waals surface area (Å²) < 4.78 is 71.8. The molecule has 39 heavy (non-hydrogen) atoms. The van der Waals surface area contributed by atoms with Gasteiger partial charge in [-0.2, -0.15) is 0 Å². The second-order valence-electron chi connectivity index (χ2n) is 8.09. The molecule has 0 fully saturated rings. The van der Waals surface area contributed by atoms with Crippen molar-refractivity contribution in [3.63, 3.8) is 0 Å². The standard InChI is InChI=1S/C23H19N3O9S2.2Na/c1-11(27)10-25-12-6-7-15(17(8-12)36(30,31)32)26-16-9-18(37(33,34)35)21(24)20-19(16)22(28)13-4-2-3-5-14(13)23(20)29;;/h2-9,25-26H,10,24H2,1H3,(H,30,31,32)(H,33,34,35);;/q;2*+1/p-2. The summed E-state index contributed by atoms with van der Waals surface area (Å²) in [4.78, 5) is 36.0. The van der Waals surface area contributed by atoms with Crippen molar-refractivity contribution in [1.82, 2.24) is 0 Å². The normalized spacial score (nSPS) is 12.4. The molecule has 0 aromatic heterocycles. The molecule has 12 nitrogen and oxygen atoms in total. The summed E-state index contributed by atoms with van der Waals surface area (Å²) in [7, 11) is -10.4. The van der Waals surface area contributed by atoms with Crippen LogP contribution in [0.3, 0.4) is 0 Å². The predicted molar refractivity (Wildman–Crippen MR) is 129 cm³/mol. The van der Waals surface area contributed by atoms with E-state index in [0.29, 0.717) is 6.07 Å². The molecule has 0 atom stereocenters. The molecule has 4 N–H and O–H groups in total. The van der Waals surface area contributed by atoms with Crippen LogP contribution in [0.5, 0.6) is 0 Å². The van der Waals surface area contributed by atoms with Crippen LogP contribution in [0.15, 0.2) is 58.3 Å². The van der Waals surface area contributed by atoms with Gasteiger partial charge in [-0.1, -0.05) is 24.3 Å². The quantitative estimate of drug-likeness (QED) is 0.106. The van der Waals surface area contributed by atoms with Crippen molar-refractivity contribution in [1.29, 1.82) is 0 Å². The van der Waals surface area contributed by atoms with Crippen molar-refractivity contribution in [3.05, 3.63) is 70.8 Å². The first-order valence-electron chi connectivity index (χ1n) is 10.4. The monoisotopic (exact) mass is 589 g/mol. The summed E-state index contributed by atoms with van der Waals surface area (Å²) in [6, 6.07) is 9.76. The summed E-state index contributed by atoms with van der Waals surface area (Å²) in [6.07, 6.45) is 0. The van der Waals surface area contributed by atoms with E-state index < -0.39 is 64.1 Å². The van der Waals surface area contributed by atoms with Crippen LogP contribution in [0.2, 0.25) is 0 Å². The van der Waals surface area contributed by atoms with Crippen molar-refractivity contribution >= 4 is 60.3 Å². The van der Waals surface area contributed by atoms with Crippen molar-refractivity contribution in [2.24, 2.45) is 0 Å². The van der Waals surface area contributed by atoms with E-state index >= 15 is 0 Å². The number of fused-ring (bicyclic) bond motifs is 2. The van der Waals surface area contributed by atoms with Gasteiger partial charge < -0.3 is 25.5 Å². The molecule has 1 aliphatic carbocycles. The Morgan fingerprint density at radius 3 is 1.87 bits per heavy atom. The zero-order chi connectivity index (χ0) is 27.3. The first-order chi connectivity index (χ1) is 17.2. The minimum Gasteiger partial charge on any atom is -0.744 e. The zero-order valence-corrected chi connectivity index (χ0v) is 26.5. The molecule has 0 aliphatic heterocycles. The van der Waals surface area contributed by atoms with Gasteiger partial charge >= 0.3 is 59.1 Å². The number of hydrogen-bond donors (Lipinski definition) is 3. The maximum Gasteiger partial charge on any atom is 1.00 e. The predicted octanol–water partition coefficient (Wildman–Crippen LogP) is -4.40. The number of hydrogen-bond acceptors (Lipinski definition) is 12. The molecule has 0 unspecified atom stereocenters. The molecule has 3 aromatic rings. The third-order valence-electron chi connectivity index (χ3n) is 5.53. The van der Waals surface area contributed by atoms with Gasteiger partial charge in [0, 0.05) is 16.8 Å². The van der Waals surface area contributed by atoms with Gasteiger partial charge in [0.15, 0.2) is 11.6 Å². The van der Waals surface area contributed by atoms with Crippen LogP contribution in [0.4, 0.5) is 22.7 Å². The van der Waals surface area contributed by atoms with Crippen LogP contribution in [0.25, 0.3) is 0 Å². The largest absolute Gasteiger partial charge is 1.00 e. The zero-order valence-electron chi connectivity index (χ0n) is 20.9. The van der Waals surface area contributed by atoms with Crippen LogP contribution in [-0.4, -0.2) is 49.8 Å². The molecule has 0 bridgehead atoms. The first kappa shape index (κ1) is 33.1. The fraction of sp³-hybridized carbons (Fsp3) is 0.0870. The van der Waals surface area contributed by atoms with E-state index in [4.69, 9.17) is 5.73 Å². The number of Topliss-reactive ketones (excluding diaryl/α,β-unsaturated/α-hetero) is 1. The van der Waals surface area contributed by atoms with Crippen LogP contribution >= 0.6 is 0 Å². The molecule has 4 rings (SSSR count). The molecule has 16 heteroatoms. The summed E-state index contributed by atoms with van der Waals surface area (Å²) in [6.45, 7) is 1.13. The van der Waals surface area contributed by atoms with Gasteiger partial charge in [0.2, 0.25) is 0 Å². The van der Waals surface area contributed by atoms with Crippen LogP contribution in [0.1, 0.15) is 38.8 Å². The number of nitrogen functional groups attached to an aromatic ring is 1. The molecule has 0 amide bonds. The van der Waals surface area contributed by atoms with E-state index in [1.54, 1.807) is 0 Å². The number of rotatable bonds is 7. The maximum atomic E-state index is 13.4. The molecule has 0 heterocycles. The Bertz CT molecular complexity index is 1740. The van der Waals surface area contributed by atoms with E-state index in [1.807, 2.05) is 0 Å². The molecule has 192 valence electrons. The topological polar surface area (TPSA) is 216 Å². The Balaban J connectivity index is 0.00000267. The van der Waals surface area contributed by atoms with Crippen LogP contribution in [-0.2, 0) is 25.0 Å². The number of nitrogens with one attached hydrogen (secondary N) is 2. The molecular formula is C23H17N3Na2O9S2. The third-order valence-corrected chi connectivity index (χ3v) is 7.28. The van der Waals surface area contributed by atoms with Crippen molar-refractivity contribution < 1.29 is 99.4 Å². The molecule has 0 saturated heterocycles. The SMILES string of the molecule is CC(=O)CNc1ccc(Nc2cc(S(=O)(=O)[O-])c(N)c3c2C(=O)c2ccccc2C3=O)c(S(=O)(=O)[O-])c1.[Na+].[Na+]. The van der Waals surface area contributed by atoms with Crippen molar-refractivity contribution in [2.45, 2.75) is 16.7 Å².